The molecule has 1 aliphatic heterocycles. The molecular formula is C17H12BrNO4. The normalized spacial score (nSPS) is 14.6. The van der Waals surface area contributed by atoms with Gasteiger partial charge in [0.2, 0.25) is 0 Å². The van der Waals surface area contributed by atoms with Gasteiger partial charge in [-0.3, -0.25) is 14.5 Å². The zero-order chi connectivity index (χ0) is 16.6. The molecule has 0 aromatic heterocycles. The highest BCUT2D eigenvalue weighted by Gasteiger charge is 2.41. The van der Waals surface area contributed by atoms with E-state index >= 15 is 0 Å². The molecule has 0 bridgehead atoms. The van der Waals surface area contributed by atoms with Crippen LogP contribution in [0.25, 0.3) is 0 Å². The van der Waals surface area contributed by atoms with Crippen LogP contribution in [0.4, 0.5) is 0 Å². The Kier molecular flexibility index (Phi) is 4.00. The number of halogens is 1. The predicted molar refractivity (Wildman–Crippen MR) is 86.2 cm³/mol. The van der Waals surface area contributed by atoms with Gasteiger partial charge >= 0.3 is 5.97 Å². The predicted octanol–water partition coefficient (Wildman–Crippen LogP) is 3.04. The Bertz CT molecular complexity index is 765. The molecule has 0 radical (unpaired) electrons. The van der Waals surface area contributed by atoms with Crippen molar-refractivity contribution in [1.29, 1.82) is 0 Å². The highest BCUT2D eigenvalue weighted by atomic mass is 79.9. The summed E-state index contributed by atoms with van der Waals surface area (Å²) in [5.74, 6) is -1.28. The lowest BCUT2D eigenvalue weighted by Gasteiger charge is -2.20. The summed E-state index contributed by atoms with van der Waals surface area (Å²) >= 11 is 3.29. The van der Waals surface area contributed by atoms with Gasteiger partial charge in [0.15, 0.2) is 0 Å². The minimum atomic E-state index is -1.01. The molecule has 1 atom stereocenters. The van der Waals surface area contributed by atoms with Crippen molar-refractivity contribution in [1.82, 2.24) is 4.90 Å². The molecule has 3 rings (SSSR count). The maximum atomic E-state index is 12.3. The van der Waals surface area contributed by atoms with Crippen LogP contribution in [0.1, 0.15) is 27.6 Å². The second-order valence-electron chi connectivity index (χ2n) is 5.08. The van der Waals surface area contributed by atoms with Crippen LogP contribution in [0.3, 0.4) is 0 Å². The first kappa shape index (κ1) is 15.4. The lowest BCUT2D eigenvalue weighted by molar-refractivity contribution is -0.138. The third-order valence-corrected chi connectivity index (χ3v) is 4.11. The molecule has 0 spiro atoms. The quantitative estimate of drug-likeness (QED) is 0.471. The SMILES string of the molecule is C[C@@H](C(=O)Oc1ccc(Br)cc1)N1C(=O)c2ccccc2C1=O. The van der Waals surface area contributed by atoms with E-state index < -0.39 is 23.8 Å². The summed E-state index contributed by atoms with van der Waals surface area (Å²) in [7, 11) is 0. The first-order valence-corrected chi connectivity index (χ1v) is 7.72. The van der Waals surface area contributed by atoms with Gasteiger partial charge < -0.3 is 4.74 Å². The first-order chi connectivity index (χ1) is 11.0. The molecule has 5 nitrogen and oxygen atoms in total. The molecule has 2 aromatic rings. The molecule has 0 saturated heterocycles. The number of hydrogen-bond acceptors (Lipinski definition) is 4. The van der Waals surface area contributed by atoms with Gasteiger partial charge in [-0.25, -0.2) is 4.79 Å². The van der Waals surface area contributed by atoms with E-state index in [1.165, 1.54) is 6.92 Å². The van der Waals surface area contributed by atoms with Crippen LogP contribution in [0.2, 0.25) is 0 Å². The minimum absolute atomic E-state index is 0.306. The van der Waals surface area contributed by atoms with Crippen molar-refractivity contribution in [2.24, 2.45) is 0 Å². The van der Waals surface area contributed by atoms with E-state index in [1.807, 2.05) is 0 Å². The van der Waals surface area contributed by atoms with E-state index in [0.717, 1.165) is 9.37 Å². The largest absolute Gasteiger partial charge is 0.425 e. The second kappa shape index (κ2) is 5.96. The van der Waals surface area contributed by atoms with E-state index in [-0.39, 0.29) is 0 Å². The highest BCUT2D eigenvalue weighted by Crippen LogP contribution is 2.25. The van der Waals surface area contributed by atoms with Crippen molar-refractivity contribution < 1.29 is 19.1 Å². The van der Waals surface area contributed by atoms with Crippen LogP contribution >= 0.6 is 15.9 Å². The van der Waals surface area contributed by atoms with Gasteiger partial charge in [0, 0.05) is 4.47 Å². The van der Waals surface area contributed by atoms with Gasteiger partial charge in [-0.1, -0.05) is 28.1 Å². The molecular weight excluding hydrogens is 362 g/mol. The number of benzene rings is 2. The smallest absolute Gasteiger partial charge is 0.334 e. The molecule has 6 heteroatoms. The Hall–Kier alpha value is -2.47. The number of rotatable bonds is 3. The van der Waals surface area contributed by atoms with Crippen molar-refractivity contribution in [3.8, 4) is 5.75 Å². The molecule has 0 N–H and O–H groups in total. The lowest BCUT2D eigenvalue weighted by atomic mass is 10.1. The number of ether oxygens (including phenoxy) is 1. The first-order valence-electron chi connectivity index (χ1n) is 6.93. The number of nitrogens with zero attached hydrogens (tertiary/aromatic N) is 1. The number of imide groups is 1. The molecule has 2 aromatic carbocycles. The Balaban J connectivity index is 1.79. The average molecular weight is 374 g/mol. The third-order valence-electron chi connectivity index (χ3n) is 3.59. The standard InChI is InChI=1S/C17H12BrNO4/c1-10(17(22)23-12-8-6-11(18)7-9-12)19-15(20)13-4-2-3-5-14(13)16(19)21/h2-10H,1H3/t10-/m0/s1. The number of hydrogen-bond donors (Lipinski definition) is 0. The van der Waals surface area contributed by atoms with Crippen LogP contribution in [0.15, 0.2) is 53.0 Å². The maximum Gasteiger partial charge on any atom is 0.334 e. The van der Waals surface area contributed by atoms with E-state index in [9.17, 15) is 14.4 Å². The van der Waals surface area contributed by atoms with Gasteiger partial charge in [0.05, 0.1) is 11.1 Å². The molecule has 23 heavy (non-hydrogen) atoms. The molecule has 0 saturated carbocycles. The average Bonchev–Trinajstić information content (AvgIpc) is 2.81. The Morgan fingerprint density at radius 1 is 1.00 bits per heavy atom. The van der Waals surface area contributed by atoms with Crippen molar-refractivity contribution in [2.75, 3.05) is 0 Å². The molecule has 116 valence electrons. The maximum absolute atomic E-state index is 12.3. The molecule has 1 heterocycles. The van der Waals surface area contributed by atoms with Crippen molar-refractivity contribution in [3.63, 3.8) is 0 Å². The fourth-order valence-electron chi connectivity index (χ4n) is 2.37. The van der Waals surface area contributed by atoms with Gasteiger partial charge in [0.25, 0.3) is 11.8 Å². The fourth-order valence-corrected chi connectivity index (χ4v) is 2.63. The van der Waals surface area contributed by atoms with Crippen LogP contribution in [0, 0.1) is 0 Å². The van der Waals surface area contributed by atoms with Crippen LogP contribution in [-0.2, 0) is 4.79 Å². The fraction of sp³-hybridized carbons (Fsp3) is 0.118. The monoisotopic (exact) mass is 373 g/mol. The topological polar surface area (TPSA) is 63.7 Å². The molecule has 0 aliphatic carbocycles. The zero-order valence-electron chi connectivity index (χ0n) is 12.2. The lowest BCUT2D eigenvalue weighted by Crippen LogP contribution is -2.44. The summed E-state index contributed by atoms with van der Waals surface area (Å²) in [6.45, 7) is 1.48. The second-order valence-corrected chi connectivity index (χ2v) is 5.99. The van der Waals surface area contributed by atoms with E-state index in [1.54, 1.807) is 48.5 Å². The molecule has 0 fully saturated rings. The summed E-state index contributed by atoms with van der Waals surface area (Å²) < 4.78 is 6.09. The Labute approximate surface area is 141 Å². The number of fused-ring (bicyclic) bond motifs is 1. The van der Waals surface area contributed by atoms with Gasteiger partial charge in [0.1, 0.15) is 11.8 Å². The van der Waals surface area contributed by atoms with Crippen molar-refractivity contribution >= 4 is 33.7 Å². The number of esters is 1. The van der Waals surface area contributed by atoms with Crippen LogP contribution in [0.5, 0.6) is 5.75 Å². The van der Waals surface area contributed by atoms with Crippen molar-refractivity contribution in [3.05, 3.63) is 64.1 Å². The van der Waals surface area contributed by atoms with Crippen molar-refractivity contribution in [2.45, 2.75) is 13.0 Å². The summed E-state index contributed by atoms with van der Waals surface area (Å²) in [4.78, 5) is 37.9. The summed E-state index contributed by atoms with van der Waals surface area (Å²) in [5.41, 5.74) is 0.613. The summed E-state index contributed by atoms with van der Waals surface area (Å²) in [6.07, 6.45) is 0. The zero-order valence-corrected chi connectivity index (χ0v) is 13.7. The number of carbonyl (C=O) groups is 3. The molecule has 2 amide bonds. The van der Waals surface area contributed by atoms with Crippen LogP contribution in [-0.4, -0.2) is 28.7 Å². The molecule has 0 unspecified atom stereocenters. The van der Waals surface area contributed by atoms with Gasteiger partial charge in [-0.15, -0.1) is 0 Å². The van der Waals surface area contributed by atoms with E-state index in [0.29, 0.717) is 16.9 Å². The van der Waals surface area contributed by atoms with E-state index in [2.05, 4.69) is 15.9 Å². The van der Waals surface area contributed by atoms with Crippen LogP contribution < -0.4 is 4.74 Å². The minimum Gasteiger partial charge on any atom is -0.425 e. The van der Waals surface area contributed by atoms with E-state index in [4.69, 9.17) is 4.74 Å². The van der Waals surface area contributed by atoms with Gasteiger partial charge in [-0.2, -0.15) is 0 Å². The van der Waals surface area contributed by atoms with Gasteiger partial charge in [-0.05, 0) is 43.3 Å². The highest BCUT2D eigenvalue weighted by molar-refractivity contribution is 9.10. The number of carbonyl (C=O) groups excluding carboxylic acids is 3. The Morgan fingerprint density at radius 3 is 2.04 bits per heavy atom. The molecule has 1 aliphatic rings. The summed E-state index contributed by atoms with van der Waals surface area (Å²) in [6, 6.07) is 12.2. The third kappa shape index (κ3) is 2.77. The number of amides is 2. The summed E-state index contributed by atoms with van der Waals surface area (Å²) in [5, 5.41) is 0. The Morgan fingerprint density at radius 2 is 1.52 bits per heavy atom.